The molecule has 0 fully saturated rings. The van der Waals surface area contributed by atoms with E-state index in [0.717, 1.165) is 16.7 Å². The normalized spacial score (nSPS) is 14.1. The number of hydrogen-bond donors (Lipinski definition) is 3. The van der Waals surface area contributed by atoms with Crippen molar-refractivity contribution in [2.75, 3.05) is 5.32 Å². The molecule has 7 nitrogen and oxygen atoms in total. The van der Waals surface area contributed by atoms with Crippen molar-refractivity contribution < 1.29 is 18.0 Å². The van der Waals surface area contributed by atoms with Gasteiger partial charge in [-0.2, -0.15) is 4.72 Å². The Morgan fingerprint density at radius 2 is 1.74 bits per heavy atom. The number of nitrogens with one attached hydrogen (secondary N) is 3. The van der Waals surface area contributed by atoms with Crippen molar-refractivity contribution in [3.05, 3.63) is 94.5 Å². The van der Waals surface area contributed by atoms with Crippen molar-refractivity contribution in [3.8, 4) is 0 Å². The van der Waals surface area contributed by atoms with E-state index < -0.39 is 22.0 Å². The summed E-state index contributed by atoms with van der Waals surface area (Å²) in [5.74, 6) is -0.558. The summed E-state index contributed by atoms with van der Waals surface area (Å²) in [6, 6.07) is 19.8. The fourth-order valence-electron chi connectivity index (χ4n) is 3.77. The third-order valence-electron chi connectivity index (χ3n) is 5.59. The maximum absolute atomic E-state index is 13.2. The molecule has 0 radical (unpaired) electrons. The number of benzene rings is 3. The lowest BCUT2D eigenvalue weighted by Gasteiger charge is -2.21. The molecule has 1 heterocycles. The third kappa shape index (κ3) is 5.83. The van der Waals surface area contributed by atoms with Crippen LogP contribution < -0.4 is 15.4 Å². The first-order valence-electron chi connectivity index (χ1n) is 10.8. The van der Waals surface area contributed by atoms with Crippen molar-refractivity contribution >= 4 is 39.1 Å². The number of anilines is 1. The second-order valence-corrected chi connectivity index (χ2v) is 10.2. The van der Waals surface area contributed by atoms with Crippen molar-refractivity contribution in [1.82, 2.24) is 10.0 Å². The Morgan fingerprint density at radius 3 is 2.50 bits per heavy atom. The summed E-state index contributed by atoms with van der Waals surface area (Å²) >= 11 is 6.18. The van der Waals surface area contributed by atoms with Crippen LogP contribution in [0, 0.1) is 0 Å². The van der Waals surface area contributed by atoms with E-state index in [1.165, 1.54) is 6.07 Å². The number of aryl methyl sites for hydroxylation is 1. The summed E-state index contributed by atoms with van der Waals surface area (Å²) in [6.07, 6.45) is 0.927. The van der Waals surface area contributed by atoms with Crippen LogP contribution in [0.2, 0.25) is 5.02 Å². The molecule has 34 heavy (non-hydrogen) atoms. The van der Waals surface area contributed by atoms with E-state index in [0.29, 0.717) is 23.6 Å². The molecule has 4 rings (SSSR count). The molecule has 0 aliphatic carbocycles. The molecule has 0 aromatic heterocycles. The molecule has 3 N–H and O–H groups in total. The van der Waals surface area contributed by atoms with Gasteiger partial charge < -0.3 is 10.6 Å². The topological polar surface area (TPSA) is 104 Å². The van der Waals surface area contributed by atoms with Gasteiger partial charge in [0.25, 0.3) is 0 Å². The standard InChI is InChI=1S/C25H24ClN3O4S/c26-21-9-5-4-8-19(21)16-27-25(31)23(14-17-6-2-1-3-7-17)29-34(32,33)20-11-12-22-18(15-20)10-13-24(30)28-22/h1-9,11-12,15,23,29H,10,13-14,16H2,(H,27,31)(H,28,30)/t23-/m1/s1. The molecule has 3 aromatic carbocycles. The first kappa shape index (κ1) is 23.9. The highest BCUT2D eigenvalue weighted by Gasteiger charge is 2.27. The second kappa shape index (κ2) is 10.4. The molecule has 0 unspecified atom stereocenters. The number of amides is 2. The van der Waals surface area contributed by atoms with E-state index >= 15 is 0 Å². The Balaban J connectivity index is 1.55. The van der Waals surface area contributed by atoms with Gasteiger partial charge in [-0.25, -0.2) is 8.42 Å². The lowest BCUT2D eigenvalue weighted by atomic mass is 10.0. The number of fused-ring (bicyclic) bond motifs is 1. The lowest BCUT2D eigenvalue weighted by molar-refractivity contribution is -0.123. The molecule has 0 spiro atoms. The van der Waals surface area contributed by atoms with E-state index in [2.05, 4.69) is 15.4 Å². The summed E-state index contributed by atoms with van der Waals surface area (Å²) in [7, 11) is -4.01. The van der Waals surface area contributed by atoms with Gasteiger partial charge in [0.1, 0.15) is 6.04 Å². The van der Waals surface area contributed by atoms with E-state index in [1.54, 1.807) is 30.3 Å². The molecule has 9 heteroatoms. The Bertz CT molecular complexity index is 1310. The van der Waals surface area contributed by atoms with Gasteiger partial charge in [0.15, 0.2) is 0 Å². The Kier molecular flexibility index (Phi) is 7.31. The van der Waals surface area contributed by atoms with Crippen LogP contribution in [-0.4, -0.2) is 26.3 Å². The molecule has 1 aliphatic heterocycles. The van der Waals surface area contributed by atoms with Crippen LogP contribution in [0.15, 0.2) is 77.7 Å². The van der Waals surface area contributed by atoms with Gasteiger partial charge in [-0.15, -0.1) is 0 Å². The van der Waals surface area contributed by atoms with Crippen LogP contribution in [0.25, 0.3) is 0 Å². The third-order valence-corrected chi connectivity index (χ3v) is 7.43. The van der Waals surface area contributed by atoms with Gasteiger partial charge in [0, 0.05) is 23.7 Å². The molecule has 1 atom stereocenters. The smallest absolute Gasteiger partial charge is 0.241 e. The average molecular weight is 498 g/mol. The fourth-order valence-corrected chi connectivity index (χ4v) is 5.22. The Hall–Kier alpha value is -3.20. The van der Waals surface area contributed by atoms with Crippen molar-refractivity contribution in [2.24, 2.45) is 0 Å². The van der Waals surface area contributed by atoms with Crippen LogP contribution in [-0.2, 0) is 39.0 Å². The van der Waals surface area contributed by atoms with Crippen molar-refractivity contribution in [1.29, 1.82) is 0 Å². The van der Waals surface area contributed by atoms with E-state index in [-0.39, 0.29) is 23.8 Å². The minimum Gasteiger partial charge on any atom is -0.351 e. The molecule has 0 saturated carbocycles. The minimum atomic E-state index is -4.01. The monoisotopic (exact) mass is 497 g/mol. The minimum absolute atomic E-state index is 0.0411. The SMILES string of the molecule is O=C1CCc2cc(S(=O)(=O)N[C@H](Cc3ccccc3)C(=O)NCc3ccccc3Cl)ccc2N1. The number of carbonyl (C=O) groups excluding carboxylic acids is 2. The molecule has 3 aromatic rings. The Labute approximate surface area is 203 Å². The van der Waals surface area contributed by atoms with Crippen molar-refractivity contribution in [3.63, 3.8) is 0 Å². The molecule has 2 amide bonds. The molecular weight excluding hydrogens is 474 g/mol. The summed E-state index contributed by atoms with van der Waals surface area (Å²) < 4.78 is 29.0. The highest BCUT2D eigenvalue weighted by molar-refractivity contribution is 7.89. The predicted octanol–water partition coefficient (Wildman–Crippen LogP) is 3.43. The van der Waals surface area contributed by atoms with Crippen LogP contribution >= 0.6 is 11.6 Å². The van der Waals surface area contributed by atoms with Gasteiger partial charge >= 0.3 is 0 Å². The van der Waals surface area contributed by atoms with Gasteiger partial charge in [-0.05, 0) is 53.8 Å². The quantitative estimate of drug-likeness (QED) is 0.443. The zero-order valence-electron chi connectivity index (χ0n) is 18.3. The summed E-state index contributed by atoms with van der Waals surface area (Å²) in [4.78, 5) is 24.7. The Morgan fingerprint density at radius 1 is 1.00 bits per heavy atom. The largest absolute Gasteiger partial charge is 0.351 e. The number of sulfonamides is 1. The van der Waals surface area contributed by atoms with Crippen LogP contribution in [0.1, 0.15) is 23.1 Å². The second-order valence-electron chi connectivity index (χ2n) is 8.04. The highest BCUT2D eigenvalue weighted by Crippen LogP contribution is 2.25. The summed E-state index contributed by atoms with van der Waals surface area (Å²) in [5, 5.41) is 6.05. The van der Waals surface area contributed by atoms with Crippen molar-refractivity contribution in [2.45, 2.75) is 36.7 Å². The summed E-state index contributed by atoms with van der Waals surface area (Å²) in [6.45, 7) is 0.171. The van der Waals surface area contributed by atoms with Gasteiger partial charge in [-0.3, -0.25) is 9.59 Å². The van der Waals surface area contributed by atoms with Crippen LogP contribution in [0.5, 0.6) is 0 Å². The average Bonchev–Trinajstić information content (AvgIpc) is 2.83. The van der Waals surface area contributed by atoms with Crippen LogP contribution in [0.4, 0.5) is 5.69 Å². The van der Waals surface area contributed by atoms with E-state index in [1.807, 2.05) is 36.4 Å². The highest BCUT2D eigenvalue weighted by atomic mass is 35.5. The number of hydrogen-bond acceptors (Lipinski definition) is 4. The maximum atomic E-state index is 13.2. The predicted molar refractivity (Wildman–Crippen MR) is 131 cm³/mol. The lowest BCUT2D eigenvalue weighted by Crippen LogP contribution is -2.47. The molecule has 1 aliphatic rings. The number of rotatable bonds is 8. The van der Waals surface area contributed by atoms with Gasteiger partial charge in [0.05, 0.1) is 4.90 Å². The first-order valence-corrected chi connectivity index (χ1v) is 12.7. The molecule has 0 bridgehead atoms. The first-order chi connectivity index (χ1) is 16.3. The van der Waals surface area contributed by atoms with Gasteiger partial charge in [-0.1, -0.05) is 60.1 Å². The number of halogens is 1. The maximum Gasteiger partial charge on any atom is 0.241 e. The van der Waals surface area contributed by atoms with Gasteiger partial charge in [0.2, 0.25) is 21.8 Å². The molecule has 0 saturated heterocycles. The van der Waals surface area contributed by atoms with Crippen LogP contribution in [0.3, 0.4) is 0 Å². The van der Waals surface area contributed by atoms with E-state index in [9.17, 15) is 18.0 Å². The zero-order valence-corrected chi connectivity index (χ0v) is 19.8. The molecular formula is C25H24ClN3O4S. The zero-order chi connectivity index (χ0) is 24.1. The molecule has 176 valence electrons. The fraction of sp³-hybridized carbons (Fsp3) is 0.200. The summed E-state index contributed by atoms with van der Waals surface area (Å²) in [5.41, 5.74) is 2.89. The van der Waals surface area contributed by atoms with E-state index in [4.69, 9.17) is 11.6 Å². The number of carbonyl (C=O) groups is 2.